The molecule has 1 unspecified atom stereocenters. The maximum Gasteiger partial charge on any atom is 0.471 e. The molecule has 0 aliphatic carbocycles. The molecule has 0 aliphatic rings. The zero-order chi connectivity index (χ0) is 13.0. The van der Waals surface area contributed by atoms with Gasteiger partial charge in [0.15, 0.2) is 0 Å². The molecule has 92 valence electrons. The first-order valence-electron chi connectivity index (χ1n) is 5.26. The monoisotopic (exact) mass is 263 g/mol. The summed E-state index contributed by atoms with van der Waals surface area (Å²) in [5.41, 5.74) is 0.278. The summed E-state index contributed by atoms with van der Waals surface area (Å²) in [7, 11) is 0. The van der Waals surface area contributed by atoms with Gasteiger partial charge in [-0.2, -0.15) is 0 Å². The Labute approximate surface area is 109 Å². The third kappa shape index (κ3) is 2.43. The van der Waals surface area contributed by atoms with E-state index in [2.05, 4.69) is 0 Å². The number of nitrogens with zero attached hydrogens (tertiary/aromatic N) is 1. The topological polar surface area (TPSA) is 52.4 Å². The van der Waals surface area contributed by atoms with Crippen molar-refractivity contribution in [3.05, 3.63) is 76.3 Å². The van der Waals surface area contributed by atoms with E-state index in [0.29, 0.717) is 5.75 Å². The van der Waals surface area contributed by atoms with Crippen molar-refractivity contribution < 1.29 is 9.66 Å². The summed E-state index contributed by atoms with van der Waals surface area (Å²) in [6.45, 7) is 0. The van der Waals surface area contributed by atoms with E-state index < -0.39 is 10.1 Å². The zero-order valence-electron chi connectivity index (χ0n) is 9.32. The van der Waals surface area contributed by atoms with Gasteiger partial charge in [-0.1, -0.05) is 36.4 Å². The van der Waals surface area contributed by atoms with E-state index in [1.165, 1.54) is 0 Å². The molecular formula is C13H10ClNO3. The van der Waals surface area contributed by atoms with Crippen LogP contribution in [0.25, 0.3) is 0 Å². The molecule has 0 amide bonds. The van der Waals surface area contributed by atoms with Crippen LogP contribution in [0.3, 0.4) is 0 Å². The first kappa shape index (κ1) is 12.4. The van der Waals surface area contributed by atoms with Crippen LogP contribution in [0.2, 0.25) is 0 Å². The average Bonchev–Trinajstić information content (AvgIpc) is 2.40. The molecule has 0 fully saturated rings. The fraction of sp³-hybridized carbons (Fsp3) is 0.0769. The summed E-state index contributed by atoms with van der Waals surface area (Å²) in [6, 6.07) is 16.7. The highest BCUT2D eigenvalue weighted by molar-refractivity contribution is 6.21. The van der Waals surface area contributed by atoms with E-state index in [-0.39, 0.29) is 5.56 Å². The molecule has 0 aromatic heterocycles. The number of hydrogen-bond acceptors (Lipinski definition) is 3. The number of para-hydroxylation sites is 1. The number of alkyl halides is 1. The lowest BCUT2D eigenvalue weighted by Gasteiger charge is -2.19. The minimum Gasteiger partial charge on any atom is -0.412 e. The Morgan fingerprint density at radius 2 is 1.50 bits per heavy atom. The van der Waals surface area contributed by atoms with Crippen molar-refractivity contribution in [2.75, 3.05) is 0 Å². The van der Waals surface area contributed by atoms with Gasteiger partial charge in [-0.15, -0.1) is 0 Å². The van der Waals surface area contributed by atoms with E-state index in [9.17, 15) is 10.1 Å². The SMILES string of the molecule is O=[N+]([O-])C(Cl)(Oc1ccccc1)c1ccccc1. The highest BCUT2D eigenvalue weighted by Gasteiger charge is 2.46. The van der Waals surface area contributed by atoms with Gasteiger partial charge in [0.1, 0.15) is 5.75 Å². The first-order valence-corrected chi connectivity index (χ1v) is 5.64. The summed E-state index contributed by atoms with van der Waals surface area (Å²) in [5, 5.41) is 9.07. The summed E-state index contributed by atoms with van der Waals surface area (Å²) in [4.78, 5) is 10.5. The molecule has 2 rings (SSSR count). The number of ether oxygens (including phenoxy) is 1. The predicted molar refractivity (Wildman–Crippen MR) is 68.0 cm³/mol. The maximum atomic E-state index is 11.2. The Balaban J connectivity index is 2.37. The van der Waals surface area contributed by atoms with Crippen LogP contribution in [-0.4, -0.2) is 4.92 Å². The molecule has 4 nitrogen and oxygen atoms in total. The zero-order valence-corrected chi connectivity index (χ0v) is 10.1. The van der Waals surface area contributed by atoms with E-state index >= 15 is 0 Å². The molecule has 5 heteroatoms. The van der Waals surface area contributed by atoms with Crippen molar-refractivity contribution in [3.8, 4) is 5.75 Å². The molecular weight excluding hydrogens is 254 g/mol. The van der Waals surface area contributed by atoms with Crippen LogP contribution in [0.15, 0.2) is 60.7 Å². The normalized spacial score (nSPS) is 13.6. The van der Waals surface area contributed by atoms with Crippen molar-refractivity contribution in [1.29, 1.82) is 0 Å². The van der Waals surface area contributed by atoms with E-state index in [4.69, 9.17) is 16.3 Å². The summed E-state index contributed by atoms with van der Waals surface area (Å²) < 4.78 is 5.32. The summed E-state index contributed by atoms with van der Waals surface area (Å²) in [6.07, 6.45) is 0. The predicted octanol–water partition coefficient (Wildman–Crippen LogP) is 3.39. The van der Waals surface area contributed by atoms with E-state index in [1.807, 2.05) is 0 Å². The van der Waals surface area contributed by atoms with Gasteiger partial charge >= 0.3 is 5.18 Å². The van der Waals surface area contributed by atoms with Gasteiger partial charge in [-0.05, 0) is 24.3 Å². The standard InChI is InChI=1S/C13H10ClNO3/c14-13(15(16)17,11-7-3-1-4-8-11)18-12-9-5-2-6-10-12/h1-10H. The van der Waals surface area contributed by atoms with Crippen LogP contribution in [0.5, 0.6) is 5.75 Å². The molecule has 2 aromatic carbocycles. The van der Waals surface area contributed by atoms with Crippen LogP contribution in [0.4, 0.5) is 0 Å². The number of rotatable bonds is 4. The van der Waals surface area contributed by atoms with Crippen molar-refractivity contribution in [1.82, 2.24) is 0 Å². The second-order valence-electron chi connectivity index (χ2n) is 3.60. The lowest BCUT2D eigenvalue weighted by Crippen LogP contribution is -2.35. The molecule has 0 bridgehead atoms. The fourth-order valence-electron chi connectivity index (χ4n) is 1.49. The maximum absolute atomic E-state index is 11.2. The lowest BCUT2D eigenvalue weighted by molar-refractivity contribution is -0.594. The highest BCUT2D eigenvalue weighted by atomic mass is 35.5. The number of benzene rings is 2. The molecule has 0 spiro atoms. The van der Waals surface area contributed by atoms with Crippen molar-refractivity contribution in [3.63, 3.8) is 0 Å². The third-order valence-corrected chi connectivity index (χ3v) is 2.79. The second-order valence-corrected chi connectivity index (χ2v) is 4.11. The Morgan fingerprint density at radius 1 is 1.00 bits per heavy atom. The lowest BCUT2D eigenvalue weighted by atomic mass is 10.2. The molecule has 18 heavy (non-hydrogen) atoms. The summed E-state index contributed by atoms with van der Waals surface area (Å²) >= 11 is 6.01. The van der Waals surface area contributed by atoms with Crippen LogP contribution in [0, 0.1) is 10.1 Å². The second kappa shape index (κ2) is 5.06. The molecule has 1 atom stereocenters. The Hall–Kier alpha value is -2.07. The minimum absolute atomic E-state index is 0.278. The molecule has 0 radical (unpaired) electrons. The molecule has 0 aliphatic heterocycles. The Bertz CT molecular complexity index is 532. The Morgan fingerprint density at radius 3 is 2.00 bits per heavy atom. The van der Waals surface area contributed by atoms with Gasteiger partial charge in [0, 0.05) is 11.6 Å². The van der Waals surface area contributed by atoms with Crippen molar-refractivity contribution >= 4 is 11.6 Å². The van der Waals surface area contributed by atoms with Gasteiger partial charge in [0.05, 0.1) is 10.5 Å². The molecule has 0 N–H and O–H groups in total. The molecule has 0 saturated carbocycles. The van der Waals surface area contributed by atoms with Crippen LogP contribution >= 0.6 is 11.6 Å². The molecule has 2 aromatic rings. The van der Waals surface area contributed by atoms with Crippen molar-refractivity contribution in [2.24, 2.45) is 0 Å². The smallest absolute Gasteiger partial charge is 0.412 e. The van der Waals surface area contributed by atoms with Crippen LogP contribution in [-0.2, 0) is 5.18 Å². The van der Waals surface area contributed by atoms with Crippen molar-refractivity contribution in [2.45, 2.75) is 5.18 Å². The largest absolute Gasteiger partial charge is 0.471 e. The van der Waals surface area contributed by atoms with Gasteiger partial charge in [0.2, 0.25) is 0 Å². The molecule has 0 saturated heterocycles. The van der Waals surface area contributed by atoms with Crippen LogP contribution < -0.4 is 4.74 Å². The van der Waals surface area contributed by atoms with E-state index in [1.54, 1.807) is 60.7 Å². The quantitative estimate of drug-likeness (QED) is 0.279. The Kier molecular flexibility index (Phi) is 3.48. The van der Waals surface area contributed by atoms with Gasteiger partial charge in [0.25, 0.3) is 0 Å². The van der Waals surface area contributed by atoms with Gasteiger partial charge in [-0.25, -0.2) is 0 Å². The molecule has 0 heterocycles. The van der Waals surface area contributed by atoms with Crippen LogP contribution in [0.1, 0.15) is 5.56 Å². The first-order chi connectivity index (χ1) is 8.63. The number of halogens is 1. The average molecular weight is 264 g/mol. The van der Waals surface area contributed by atoms with Gasteiger partial charge < -0.3 is 4.74 Å². The minimum atomic E-state index is -2.11. The fourth-order valence-corrected chi connectivity index (χ4v) is 1.71. The third-order valence-electron chi connectivity index (χ3n) is 2.36. The highest BCUT2D eigenvalue weighted by Crippen LogP contribution is 2.32. The van der Waals surface area contributed by atoms with E-state index in [0.717, 1.165) is 0 Å². The summed E-state index contributed by atoms with van der Waals surface area (Å²) in [5.74, 6) is 0.341. The van der Waals surface area contributed by atoms with Gasteiger partial charge in [-0.3, -0.25) is 10.1 Å². The number of nitro groups is 1. The number of hydrogen-bond donors (Lipinski definition) is 0.